The molecule has 2 aliphatic rings. The summed E-state index contributed by atoms with van der Waals surface area (Å²) in [5.41, 5.74) is 4.11. The molecule has 0 fully saturated rings. The number of rotatable bonds is 2. The normalized spacial score (nSPS) is 15.2. The molecule has 0 bridgehead atoms. The molecule has 1 atom stereocenters. The summed E-state index contributed by atoms with van der Waals surface area (Å²) in [5.74, 6) is -4.08. The van der Waals surface area contributed by atoms with E-state index in [9.17, 15) is 13.2 Å². The molecule has 3 nitrogen and oxygen atoms in total. The van der Waals surface area contributed by atoms with Crippen LogP contribution in [-0.4, -0.2) is 16.4 Å². The number of hydrogen-bond acceptors (Lipinski definition) is 2. The summed E-state index contributed by atoms with van der Waals surface area (Å²) < 4.78 is 40.4. The molecule has 0 aliphatic carbocycles. The van der Waals surface area contributed by atoms with Crippen LogP contribution < -0.4 is 0 Å². The largest absolute Gasteiger partial charge is 3.00 e. The van der Waals surface area contributed by atoms with Gasteiger partial charge in [0.1, 0.15) is 5.82 Å². The van der Waals surface area contributed by atoms with Crippen LogP contribution in [0.2, 0.25) is 0 Å². The third kappa shape index (κ3) is 5.02. The van der Waals surface area contributed by atoms with Gasteiger partial charge in [0.2, 0.25) is 0 Å². The Morgan fingerprint density at radius 2 is 1.77 bits per heavy atom. The van der Waals surface area contributed by atoms with Crippen LogP contribution in [0.1, 0.15) is 17.3 Å². The number of hydrogen-bond donors (Lipinski definition) is 0. The average molecular weight is 647 g/mol. The number of nitrogens with zero attached hydrogens (tertiary/aromatic N) is 3. The molecule has 176 valence electrons. The van der Waals surface area contributed by atoms with Crippen LogP contribution >= 0.6 is 0 Å². The first kappa shape index (κ1) is 24.7. The molecule has 1 unspecified atom stereocenters. The first-order chi connectivity index (χ1) is 16.6. The summed E-state index contributed by atoms with van der Waals surface area (Å²) >= 11 is 0. The number of fused-ring (bicyclic) bond motifs is 3. The Balaban J connectivity index is 0.000000177. The zero-order chi connectivity index (χ0) is 23.5. The first-order valence-corrected chi connectivity index (χ1v) is 10.8. The smallest absolute Gasteiger partial charge is 0.668 e. The van der Waals surface area contributed by atoms with Gasteiger partial charge in [-0.3, -0.25) is 8.78 Å². The van der Waals surface area contributed by atoms with E-state index in [2.05, 4.69) is 45.7 Å². The van der Waals surface area contributed by atoms with Crippen molar-refractivity contribution in [3.63, 3.8) is 0 Å². The van der Waals surface area contributed by atoms with Gasteiger partial charge in [-0.2, -0.15) is 41.6 Å². The van der Waals surface area contributed by atoms with Crippen LogP contribution in [0.3, 0.4) is 0 Å². The molecule has 4 aromatic rings. The summed E-state index contributed by atoms with van der Waals surface area (Å²) in [6.45, 7) is 1.08. The van der Waals surface area contributed by atoms with Crippen LogP contribution in [0, 0.1) is 29.6 Å². The van der Waals surface area contributed by atoms with Gasteiger partial charge in [-0.1, -0.05) is 48.4 Å². The van der Waals surface area contributed by atoms with Gasteiger partial charge < -0.3 is 15.2 Å². The summed E-state index contributed by atoms with van der Waals surface area (Å²) in [6.07, 6.45) is 6.75. The maximum Gasteiger partial charge on any atom is 3.00 e. The van der Waals surface area contributed by atoms with Crippen molar-refractivity contribution in [3.05, 3.63) is 131 Å². The van der Waals surface area contributed by atoms with Crippen molar-refractivity contribution in [2.75, 3.05) is 6.54 Å². The van der Waals surface area contributed by atoms with Crippen molar-refractivity contribution in [2.45, 2.75) is 12.6 Å². The van der Waals surface area contributed by atoms with Crippen molar-refractivity contribution in [1.29, 1.82) is 0 Å². The van der Waals surface area contributed by atoms with E-state index in [1.54, 1.807) is 12.1 Å². The molecule has 0 radical (unpaired) electrons. The maximum atomic E-state index is 14.0. The summed E-state index contributed by atoms with van der Waals surface area (Å²) in [7, 11) is 0. The van der Waals surface area contributed by atoms with Gasteiger partial charge in [-0.15, -0.1) is 12.1 Å². The molecule has 35 heavy (non-hydrogen) atoms. The fraction of sp³-hybridized carbons (Fsp3) is 0.107. The van der Waals surface area contributed by atoms with Crippen LogP contribution in [0.25, 0.3) is 27.7 Å². The van der Waals surface area contributed by atoms with E-state index < -0.39 is 17.5 Å². The summed E-state index contributed by atoms with van der Waals surface area (Å²) in [6, 6.07) is 25.3. The van der Waals surface area contributed by atoms with E-state index in [4.69, 9.17) is 0 Å². The standard InChI is InChI=1S/C17H9F3N.C11H10N2.Ir/c18-14-9-8-13(15(19)16(14)20)17-12(7-4-10-21-17)11-5-2-1-3-6-11;1-2-4-10-9(3-1)5-7-13-8-6-12-11(10)13;/h1-7,9-10H;1-3,6,8,11H,5,7H2;/q-1;-2;+3. The van der Waals surface area contributed by atoms with Gasteiger partial charge in [0.15, 0.2) is 0 Å². The van der Waals surface area contributed by atoms with Crippen molar-refractivity contribution in [3.8, 4) is 22.4 Å². The zero-order valence-electron chi connectivity index (χ0n) is 18.4. The van der Waals surface area contributed by atoms with Gasteiger partial charge >= 0.3 is 20.1 Å². The van der Waals surface area contributed by atoms with E-state index >= 15 is 0 Å². The Morgan fingerprint density at radius 1 is 0.943 bits per heavy atom. The molecule has 0 amide bonds. The monoisotopic (exact) mass is 647 g/mol. The predicted molar refractivity (Wildman–Crippen MR) is 125 cm³/mol. The minimum atomic E-state index is -1.52. The van der Waals surface area contributed by atoms with Crippen LogP contribution in [0.15, 0.2) is 85.3 Å². The van der Waals surface area contributed by atoms with Crippen molar-refractivity contribution >= 4 is 0 Å². The third-order valence-corrected chi connectivity index (χ3v) is 5.77. The van der Waals surface area contributed by atoms with E-state index in [1.807, 2.05) is 42.6 Å². The van der Waals surface area contributed by atoms with Crippen molar-refractivity contribution in [2.24, 2.45) is 0 Å². The van der Waals surface area contributed by atoms with E-state index in [1.165, 1.54) is 17.3 Å². The first-order valence-electron chi connectivity index (χ1n) is 10.8. The molecule has 3 heterocycles. The molecule has 0 N–H and O–H groups in total. The van der Waals surface area contributed by atoms with Gasteiger partial charge in [0.25, 0.3) is 0 Å². The molecule has 0 spiro atoms. The minimum Gasteiger partial charge on any atom is -0.668 e. The third-order valence-electron chi connectivity index (χ3n) is 5.77. The molecule has 7 heteroatoms. The Hall–Kier alpha value is -3.41. The second kappa shape index (κ2) is 10.9. The van der Waals surface area contributed by atoms with Gasteiger partial charge in [0, 0.05) is 12.7 Å². The molecule has 3 aromatic carbocycles. The quantitative estimate of drug-likeness (QED) is 0.177. The zero-order valence-corrected chi connectivity index (χ0v) is 20.8. The number of pyridine rings is 1. The second-order valence-electron chi connectivity index (χ2n) is 7.82. The SMILES string of the molecule is Fc1c[c-]c(-c2ncccc2-c2ccccc2)c(F)c1F.[Ir+3].[c-]1cccc2c1C1[N-]C=CN1CC2. The molecular weight excluding hydrogens is 628 g/mol. The topological polar surface area (TPSA) is 30.2 Å². The Kier molecular flexibility index (Phi) is 7.69. The van der Waals surface area contributed by atoms with Crippen LogP contribution in [-0.2, 0) is 26.5 Å². The molecule has 0 saturated heterocycles. The Labute approximate surface area is 215 Å². The van der Waals surface area contributed by atoms with E-state index in [0.717, 1.165) is 24.6 Å². The number of benzene rings is 3. The van der Waals surface area contributed by atoms with E-state index in [-0.39, 0.29) is 37.5 Å². The number of aromatic nitrogens is 1. The van der Waals surface area contributed by atoms with Crippen LogP contribution in [0.4, 0.5) is 13.2 Å². The molecular formula is C28H19F3IrN3. The fourth-order valence-corrected chi connectivity index (χ4v) is 4.11. The summed E-state index contributed by atoms with van der Waals surface area (Å²) in [4.78, 5) is 6.36. The van der Waals surface area contributed by atoms with Gasteiger partial charge in [0.05, 0.1) is 11.6 Å². The Bertz CT molecular complexity index is 1340. The Morgan fingerprint density at radius 3 is 2.60 bits per heavy atom. The van der Waals surface area contributed by atoms with Crippen molar-refractivity contribution in [1.82, 2.24) is 9.88 Å². The molecule has 6 rings (SSSR count). The maximum absolute atomic E-state index is 14.0. The van der Waals surface area contributed by atoms with E-state index in [0.29, 0.717) is 5.56 Å². The number of halogens is 3. The van der Waals surface area contributed by atoms with Gasteiger partial charge in [-0.05, 0) is 35.3 Å². The molecule has 1 aromatic heterocycles. The fourth-order valence-electron chi connectivity index (χ4n) is 4.11. The van der Waals surface area contributed by atoms with Crippen LogP contribution in [0.5, 0.6) is 0 Å². The predicted octanol–water partition coefficient (Wildman–Crippen LogP) is 6.83. The molecule has 0 saturated carbocycles. The average Bonchev–Trinajstić information content (AvgIpc) is 3.38. The van der Waals surface area contributed by atoms with Gasteiger partial charge in [-0.25, -0.2) is 4.39 Å². The second-order valence-corrected chi connectivity index (χ2v) is 7.82. The van der Waals surface area contributed by atoms with Crippen molar-refractivity contribution < 1.29 is 33.3 Å². The minimum absolute atomic E-state index is 0. The summed E-state index contributed by atoms with van der Waals surface area (Å²) in [5, 5.41) is 4.41. The molecule has 2 aliphatic heterocycles.